The predicted molar refractivity (Wildman–Crippen MR) is 69.2 cm³/mol. The average molecular weight is 228 g/mol. The molecule has 2 rings (SSSR count). The summed E-state index contributed by atoms with van der Waals surface area (Å²) in [5, 5.41) is 0. The highest BCUT2D eigenvalue weighted by Crippen LogP contribution is 2.24. The average Bonchev–Trinajstić information content (AvgIpc) is 2.32. The van der Waals surface area contributed by atoms with Crippen molar-refractivity contribution in [3.05, 3.63) is 53.2 Å². The van der Waals surface area contributed by atoms with E-state index >= 15 is 0 Å². The lowest BCUT2D eigenvalue weighted by atomic mass is 10.0. The van der Waals surface area contributed by atoms with E-state index < -0.39 is 0 Å². The number of nitrogens with two attached hydrogens (primary N) is 1. The largest absolute Gasteiger partial charge is 0.496 e. The molecule has 3 nitrogen and oxygen atoms in total. The first-order chi connectivity index (χ1) is 8.20. The zero-order valence-electron chi connectivity index (χ0n) is 10.1. The van der Waals surface area contributed by atoms with E-state index in [1.807, 2.05) is 24.3 Å². The van der Waals surface area contributed by atoms with Gasteiger partial charge in [0.1, 0.15) is 11.6 Å². The van der Waals surface area contributed by atoms with Crippen molar-refractivity contribution in [3.8, 4) is 5.75 Å². The van der Waals surface area contributed by atoms with Crippen LogP contribution in [0.4, 0.5) is 5.82 Å². The van der Waals surface area contributed by atoms with Crippen LogP contribution in [0.1, 0.15) is 16.7 Å². The highest BCUT2D eigenvalue weighted by Gasteiger charge is 2.06. The molecule has 0 bridgehead atoms. The number of aryl methyl sites for hydroxylation is 1. The van der Waals surface area contributed by atoms with Crippen molar-refractivity contribution in [3.63, 3.8) is 0 Å². The first kappa shape index (κ1) is 11.5. The third-order valence-electron chi connectivity index (χ3n) is 2.74. The smallest absolute Gasteiger partial charge is 0.126 e. The Morgan fingerprint density at radius 1 is 1.24 bits per heavy atom. The SMILES string of the molecule is COc1ccc(C)cc1Cc1cccnc1N. The van der Waals surface area contributed by atoms with Crippen molar-refractivity contribution in [2.45, 2.75) is 13.3 Å². The van der Waals surface area contributed by atoms with Crippen molar-refractivity contribution in [2.24, 2.45) is 0 Å². The number of hydrogen-bond acceptors (Lipinski definition) is 3. The Labute approximate surface area is 101 Å². The summed E-state index contributed by atoms with van der Waals surface area (Å²) in [4.78, 5) is 4.09. The van der Waals surface area contributed by atoms with E-state index in [4.69, 9.17) is 10.5 Å². The van der Waals surface area contributed by atoms with Crippen LogP contribution in [0.25, 0.3) is 0 Å². The highest BCUT2D eigenvalue weighted by atomic mass is 16.5. The lowest BCUT2D eigenvalue weighted by molar-refractivity contribution is 0.410. The Hall–Kier alpha value is -2.03. The van der Waals surface area contributed by atoms with Crippen molar-refractivity contribution in [2.75, 3.05) is 12.8 Å². The van der Waals surface area contributed by atoms with Crippen molar-refractivity contribution in [1.29, 1.82) is 0 Å². The van der Waals surface area contributed by atoms with Crippen LogP contribution in [0.2, 0.25) is 0 Å². The van der Waals surface area contributed by atoms with Crippen molar-refractivity contribution < 1.29 is 4.74 Å². The molecule has 0 radical (unpaired) electrons. The van der Waals surface area contributed by atoms with Crippen molar-refractivity contribution in [1.82, 2.24) is 4.98 Å². The summed E-state index contributed by atoms with van der Waals surface area (Å²) in [6, 6.07) is 10.0. The second-order valence-corrected chi connectivity index (χ2v) is 4.04. The maximum atomic E-state index is 5.85. The number of methoxy groups -OCH3 is 1. The van der Waals surface area contributed by atoms with Gasteiger partial charge in [-0.05, 0) is 30.2 Å². The topological polar surface area (TPSA) is 48.1 Å². The maximum absolute atomic E-state index is 5.85. The number of rotatable bonds is 3. The number of hydrogen-bond donors (Lipinski definition) is 1. The third-order valence-corrected chi connectivity index (χ3v) is 2.74. The van der Waals surface area contributed by atoms with Crippen LogP contribution in [-0.4, -0.2) is 12.1 Å². The zero-order valence-corrected chi connectivity index (χ0v) is 10.1. The molecule has 2 N–H and O–H groups in total. The Morgan fingerprint density at radius 2 is 2.06 bits per heavy atom. The van der Waals surface area contributed by atoms with E-state index in [1.54, 1.807) is 13.3 Å². The maximum Gasteiger partial charge on any atom is 0.126 e. The fraction of sp³-hybridized carbons (Fsp3) is 0.214. The fourth-order valence-corrected chi connectivity index (χ4v) is 1.85. The molecule has 0 aliphatic rings. The molecule has 0 atom stereocenters. The molecule has 3 heteroatoms. The standard InChI is InChI=1S/C14H16N2O/c1-10-5-6-13(17-2)12(8-10)9-11-4-3-7-16-14(11)15/h3-8H,9H2,1-2H3,(H2,15,16). The summed E-state index contributed by atoms with van der Waals surface area (Å²) in [6.07, 6.45) is 2.44. The summed E-state index contributed by atoms with van der Waals surface area (Å²) in [7, 11) is 1.68. The third kappa shape index (κ3) is 2.56. The number of anilines is 1. The van der Waals surface area contributed by atoms with Crippen LogP contribution in [0.3, 0.4) is 0 Å². The first-order valence-corrected chi connectivity index (χ1v) is 5.53. The van der Waals surface area contributed by atoms with Crippen LogP contribution in [0, 0.1) is 6.92 Å². The molecule has 1 aromatic heterocycles. The van der Waals surface area contributed by atoms with E-state index in [0.29, 0.717) is 5.82 Å². The van der Waals surface area contributed by atoms with Gasteiger partial charge in [0.05, 0.1) is 7.11 Å². The molecule has 0 saturated heterocycles. The highest BCUT2D eigenvalue weighted by molar-refractivity contribution is 5.46. The van der Waals surface area contributed by atoms with E-state index in [9.17, 15) is 0 Å². The van der Waals surface area contributed by atoms with Gasteiger partial charge in [-0.2, -0.15) is 0 Å². The minimum atomic E-state index is 0.580. The van der Waals surface area contributed by atoms with Gasteiger partial charge in [-0.1, -0.05) is 23.8 Å². The van der Waals surface area contributed by atoms with Gasteiger partial charge in [0.2, 0.25) is 0 Å². The minimum absolute atomic E-state index is 0.580. The van der Waals surface area contributed by atoms with Crippen LogP contribution in [0.15, 0.2) is 36.5 Å². The molecular weight excluding hydrogens is 212 g/mol. The molecule has 0 aliphatic carbocycles. The van der Waals surface area contributed by atoms with Crippen molar-refractivity contribution >= 4 is 5.82 Å². The lowest BCUT2D eigenvalue weighted by Gasteiger charge is -2.10. The zero-order chi connectivity index (χ0) is 12.3. The first-order valence-electron chi connectivity index (χ1n) is 5.53. The van der Waals surface area contributed by atoms with Crippen LogP contribution >= 0.6 is 0 Å². The molecule has 0 saturated carbocycles. The summed E-state index contributed by atoms with van der Waals surface area (Å²) in [6.45, 7) is 2.07. The molecular formula is C14H16N2O. The number of aromatic nitrogens is 1. The number of ether oxygens (including phenoxy) is 1. The van der Waals surface area contributed by atoms with Gasteiger partial charge in [-0.15, -0.1) is 0 Å². The summed E-state index contributed by atoms with van der Waals surface area (Å²) >= 11 is 0. The van der Waals surface area contributed by atoms with Gasteiger partial charge in [0, 0.05) is 12.6 Å². The summed E-state index contributed by atoms with van der Waals surface area (Å²) < 4.78 is 5.35. The lowest BCUT2D eigenvalue weighted by Crippen LogP contribution is -2.00. The molecule has 1 heterocycles. The van der Waals surface area contributed by atoms with Crippen LogP contribution in [0.5, 0.6) is 5.75 Å². The molecule has 0 amide bonds. The van der Waals surface area contributed by atoms with Gasteiger partial charge >= 0.3 is 0 Å². The monoisotopic (exact) mass is 228 g/mol. The van der Waals surface area contributed by atoms with E-state index in [-0.39, 0.29) is 0 Å². The molecule has 0 fully saturated rings. The summed E-state index contributed by atoms with van der Waals surface area (Å²) in [5.74, 6) is 1.47. The van der Waals surface area contributed by atoms with Gasteiger partial charge in [0.15, 0.2) is 0 Å². The molecule has 88 valence electrons. The molecule has 1 aromatic carbocycles. The predicted octanol–water partition coefficient (Wildman–Crippen LogP) is 2.57. The number of nitrogens with zero attached hydrogens (tertiary/aromatic N) is 1. The summed E-state index contributed by atoms with van der Waals surface area (Å²) in [5.41, 5.74) is 9.21. The van der Waals surface area contributed by atoms with Crippen LogP contribution in [-0.2, 0) is 6.42 Å². The van der Waals surface area contributed by atoms with Crippen LogP contribution < -0.4 is 10.5 Å². The fourth-order valence-electron chi connectivity index (χ4n) is 1.85. The Morgan fingerprint density at radius 3 is 2.76 bits per heavy atom. The van der Waals surface area contributed by atoms with Gasteiger partial charge in [-0.3, -0.25) is 0 Å². The molecule has 0 unspecified atom stereocenters. The molecule has 0 aliphatic heterocycles. The normalized spacial score (nSPS) is 10.2. The van der Waals surface area contributed by atoms with Gasteiger partial charge in [-0.25, -0.2) is 4.98 Å². The Balaban J connectivity index is 2.35. The Bertz CT molecular complexity index is 523. The minimum Gasteiger partial charge on any atom is -0.496 e. The van der Waals surface area contributed by atoms with E-state index in [0.717, 1.165) is 23.3 Å². The molecule has 17 heavy (non-hydrogen) atoms. The second-order valence-electron chi connectivity index (χ2n) is 4.04. The second kappa shape index (κ2) is 4.87. The Kier molecular flexibility index (Phi) is 3.28. The quantitative estimate of drug-likeness (QED) is 0.878. The van der Waals surface area contributed by atoms with Gasteiger partial charge in [0.25, 0.3) is 0 Å². The number of nitrogen functional groups attached to an aromatic ring is 1. The van der Waals surface area contributed by atoms with Gasteiger partial charge < -0.3 is 10.5 Å². The van der Waals surface area contributed by atoms with E-state index in [2.05, 4.69) is 18.0 Å². The van der Waals surface area contributed by atoms with E-state index in [1.165, 1.54) is 5.56 Å². The number of benzene rings is 1. The molecule has 0 spiro atoms. The number of pyridine rings is 1. The molecule has 2 aromatic rings.